The van der Waals surface area contributed by atoms with E-state index in [2.05, 4.69) is 0 Å². The summed E-state index contributed by atoms with van der Waals surface area (Å²) in [5, 5.41) is 9.74. The third kappa shape index (κ3) is 6.41. The number of carbonyl (C=O) groups is 2. The van der Waals surface area contributed by atoms with Gasteiger partial charge in [0.15, 0.2) is 0 Å². The molecule has 0 aromatic heterocycles. The van der Waals surface area contributed by atoms with Crippen LogP contribution in [-0.2, 0) is 14.3 Å². The lowest BCUT2D eigenvalue weighted by molar-refractivity contribution is -0.157. The Balaban J connectivity index is 4.31. The highest BCUT2D eigenvalue weighted by Gasteiger charge is 2.27. The molecule has 0 amide bonds. The highest BCUT2D eigenvalue weighted by Crippen LogP contribution is 2.16. The second kappa shape index (κ2) is 6.15. The van der Waals surface area contributed by atoms with Crippen LogP contribution < -0.4 is 0 Å². The van der Waals surface area contributed by atoms with Gasteiger partial charge in [0, 0.05) is 5.92 Å². The van der Waals surface area contributed by atoms with E-state index in [0.29, 0.717) is 0 Å². The molecule has 0 aromatic carbocycles. The van der Waals surface area contributed by atoms with E-state index in [-0.39, 0.29) is 18.1 Å². The van der Waals surface area contributed by atoms with Crippen molar-refractivity contribution in [2.45, 2.75) is 59.7 Å². The number of carbonyl (C=O) groups excluding carboxylic acids is 2. The molecular formula is C13H24O4. The third-order valence-electron chi connectivity index (χ3n) is 2.44. The number of aliphatic hydroxyl groups is 1. The molecule has 0 spiro atoms. The standard InChI is InChI=1S/C13H24O4/c1-8(2)12(16)9(3)10(14)7-11(15)17-13(4,5)6/h8-9,12,16H,7H2,1-6H3/t9-,12-/m0/s1. The highest BCUT2D eigenvalue weighted by molar-refractivity contribution is 5.97. The predicted octanol–water partition coefficient (Wildman–Crippen LogP) is 1.94. The van der Waals surface area contributed by atoms with Crippen LogP contribution in [0.25, 0.3) is 0 Å². The van der Waals surface area contributed by atoms with Gasteiger partial charge in [0.25, 0.3) is 0 Å². The van der Waals surface area contributed by atoms with Crippen molar-refractivity contribution in [3.8, 4) is 0 Å². The second-order valence-electron chi connectivity index (χ2n) is 5.75. The Labute approximate surface area is 103 Å². The monoisotopic (exact) mass is 244 g/mol. The van der Waals surface area contributed by atoms with Crippen molar-refractivity contribution in [2.75, 3.05) is 0 Å². The Morgan fingerprint density at radius 1 is 1.18 bits per heavy atom. The molecule has 4 heteroatoms. The molecule has 2 atom stereocenters. The van der Waals surface area contributed by atoms with E-state index in [4.69, 9.17) is 4.74 Å². The molecule has 0 saturated carbocycles. The van der Waals surface area contributed by atoms with Crippen molar-refractivity contribution in [1.29, 1.82) is 0 Å². The zero-order chi connectivity index (χ0) is 13.8. The Morgan fingerprint density at radius 3 is 2.00 bits per heavy atom. The van der Waals surface area contributed by atoms with Crippen molar-refractivity contribution in [2.24, 2.45) is 11.8 Å². The van der Waals surface area contributed by atoms with Gasteiger partial charge in [0.2, 0.25) is 0 Å². The van der Waals surface area contributed by atoms with E-state index < -0.39 is 23.6 Å². The fourth-order valence-electron chi connectivity index (χ4n) is 1.45. The second-order valence-corrected chi connectivity index (χ2v) is 5.75. The quantitative estimate of drug-likeness (QED) is 0.593. The van der Waals surface area contributed by atoms with Gasteiger partial charge in [-0.15, -0.1) is 0 Å². The van der Waals surface area contributed by atoms with Gasteiger partial charge in [-0.25, -0.2) is 0 Å². The number of aliphatic hydroxyl groups excluding tert-OH is 1. The topological polar surface area (TPSA) is 63.6 Å². The first-order valence-corrected chi connectivity index (χ1v) is 5.97. The van der Waals surface area contributed by atoms with Crippen molar-refractivity contribution in [1.82, 2.24) is 0 Å². The van der Waals surface area contributed by atoms with Crippen LogP contribution in [-0.4, -0.2) is 28.6 Å². The Hall–Kier alpha value is -0.900. The molecule has 1 N–H and O–H groups in total. The lowest BCUT2D eigenvalue weighted by atomic mass is 9.90. The number of Topliss-reactive ketones (excluding diaryl/α,β-unsaturated/α-hetero) is 1. The van der Waals surface area contributed by atoms with Crippen LogP contribution in [0.2, 0.25) is 0 Å². The zero-order valence-corrected chi connectivity index (χ0v) is 11.6. The van der Waals surface area contributed by atoms with Gasteiger partial charge < -0.3 is 9.84 Å². The Morgan fingerprint density at radius 2 is 1.65 bits per heavy atom. The summed E-state index contributed by atoms with van der Waals surface area (Å²) in [4.78, 5) is 23.2. The average molecular weight is 244 g/mol. The van der Waals surface area contributed by atoms with Gasteiger partial charge in [0.1, 0.15) is 17.8 Å². The summed E-state index contributed by atoms with van der Waals surface area (Å²) in [6.07, 6.45) is -0.993. The minimum Gasteiger partial charge on any atom is -0.460 e. The van der Waals surface area contributed by atoms with Gasteiger partial charge in [-0.3, -0.25) is 9.59 Å². The van der Waals surface area contributed by atoms with Crippen molar-refractivity contribution >= 4 is 11.8 Å². The van der Waals surface area contributed by atoms with Gasteiger partial charge >= 0.3 is 5.97 Å². The van der Waals surface area contributed by atoms with Gasteiger partial charge in [0.05, 0.1) is 6.10 Å². The molecule has 4 nitrogen and oxygen atoms in total. The summed E-state index contributed by atoms with van der Waals surface area (Å²) in [6.45, 7) is 10.6. The molecule has 0 rings (SSSR count). The van der Waals surface area contributed by atoms with E-state index in [1.54, 1.807) is 27.7 Å². The molecule has 0 radical (unpaired) electrons. The summed E-state index contributed by atoms with van der Waals surface area (Å²) >= 11 is 0. The molecule has 0 bridgehead atoms. The maximum absolute atomic E-state index is 11.7. The van der Waals surface area contributed by atoms with Crippen LogP contribution in [0, 0.1) is 11.8 Å². The number of hydrogen-bond donors (Lipinski definition) is 1. The first-order chi connectivity index (χ1) is 7.54. The molecule has 0 aliphatic heterocycles. The van der Waals surface area contributed by atoms with Crippen LogP contribution in [0.1, 0.15) is 48.0 Å². The summed E-state index contributed by atoms with van der Waals surface area (Å²) in [5.74, 6) is -1.36. The summed E-state index contributed by atoms with van der Waals surface area (Å²) in [5.41, 5.74) is -0.586. The van der Waals surface area contributed by atoms with E-state index >= 15 is 0 Å². The van der Waals surface area contributed by atoms with Gasteiger partial charge in [-0.2, -0.15) is 0 Å². The molecule has 100 valence electrons. The lowest BCUT2D eigenvalue weighted by Gasteiger charge is -2.22. The maximum atomic E-state index is 11.7. The number of rotatable bonds is 5. The number of esters is 1. The van der Waals surface area contributed by atoms with Crippen molar-refractivity contribution in [3.05, 3.63) is 0 Å². The number of hydrogen-bond acceptors (Lipinski definition) is 4. The summed E-state index contributed by atoms with van der Waals surface area (Å²) in [7, 11) is 0. The largest absolute Gasteiger partial charge is 0.460 e. The fourth-order valence-corrected chi connectivity index (χ4v) is 1.45. The lowest BCUT2D eigenvalue weighted by Crippen LogP contribution is -2.33. The SMILES string of the molecule is CC(C)[C@H](O)[C@@H](C)C(=O)CC(=O)OC(C)(C)C. The van der Waals surface area contributed by atoms with Gasteiger partial charge in [-0.1, -0.05) is 20.8 Å². The van der Waals surface area contributed by atoms with Crippen molar-refractivity contribution < 1.29 is 19.4 Å². The zero-order valence-electron chi connectivity index (χ0n) is 11.6. The van der Waals surface area contributed by atoms with E-state index in [1.807, 2.05) is 13.8 Å². The number of ether oxygens (including phenoxy) is 1. The average Bonchev–Trinajstić information content (AvgIpc) is 2.11. The van der Waals surface area contributed by atoms with Gasteiger partial charge in [-0.05, 0) is 26.7 Å². The number of ketones is 1. The summed E-state index contributed by atoms with van der Waals surface area (Å²) in [6, 6.07) is 0. The van der Waals surface area contributed by atoms with Crippen LogP contribution >= 0.6 is 0 Å². The van der Waals surface area contributed by atoms with Crippen LogP contribution in [0.3, 0.4) is 0 Å². The minimum atomic E-state index is -0.718. The molecular weight excluding hydrogens is 220 g/mol. The van der Waals surface area contributed by atoms with E-state index in [0.717, 1.165) is 0 Å². The maximum Gasteiger partial charge on any atom is 0.313 e. The molecule has 0 unspecified atom stereocenters. The molecule has 17 heavy (non-hydrogen) atoms. The summed E-state index contributed by atoms with van der Waals surface area (Å²) < 4.78 is 5.06. The minimum absolute atomic E-state index is 0.00686. The Bertz CT molecular complexity index is 276. The molecule has 0 aromatic rings. The molecule has 0 aliphatic rings. The predicted molar refractivity (Wildman–Crippen MR) is 65.5 cm³/mol. The first kappa shape index (κ1) is 16.1. The van der Waals surface area contributed by atoms with Crippen molar-refractivity contribution in [3.63, 3.8) is 0 Å². The Kier molecular flexibility index (Phi) is 5.82. The highest BCUT2D eigenvalue weighted by atomic mass is 16.6. The third-order valence-corrected chi connectivity index (χ3v) is 2.44. The molecule has 0 saturated heterocycles. The van der Waals surface area contributed by atoms with Crippen LogP contribution in [0.15, 0.2) is 0 Å². The van der Waals surface area contributed by atoms with E-state index in [1.165, 1.54) is 0 Å². The molecule has 0 heterocycles. The first-order valence-electron chi connectivity index (χ1n) is 5.97. The molecule has 0 aliphatic carbocycles. The fraction of sp³-hybridized carbons (Fsp3) is 0.846. The van der Waals surface area contributed by atoms with Crippen LogP contribution in [0.4, 0.5) is 0 Å². The van der Waals surface area contributed by atoms with Crippen LogP contribution in [0.5, 0.6) is 0 Å². The van der Waals surface area contributed by atoms with E-state index in [9.17, 15) is 14.7 Å². The molecule has 0 fully saturated rings. The smallest absolute Gasteiger partial charge is 0.313 e. The normalized spacial score (nSPS) is 15.5.